The fraction of sp³-hybridized carbons (Fsp3) is 0. The van der Waals surface area contributed by atoms with Gasteiger partial charge in [-0.15, -0.1) is 0 Å². The Bertz CT molecular complexity index is 250. The molecular weight excluding hydrogens is 124 g/mol. The summed E-state index contributed by atoms with van der Waals surface area (Å²) in [6, 6.07) is 8.59. The molecule has 0 fully saturated rings. The van der Waals surface area contributed by atoms with Gasteiger partial charge in [-0.3, -0.25) is 0 Å². The van der Waals surface area contributed by atoms with Crippen LogP contribution >= 0.6 is 0 Å². The van der Waals surface area contributed by atoms with E-state index in [9.17, 15) is 0 Å². The average molecular weight is 131 g/mol. The summed E-state index contributed by atoms with van der Waals surface area (Å²) >= 11 is 0. The molecule has 0 spiro atoms. The van der Waals surface area contributed by atoms with Crippen molar-refractivity contribution in [2.24, 2.45) is 0 Å². The minimum atomic E-state index is 0.455. The lowest BCUT2D eigenvalue weighted by atomic mass is 10.2. The molecule has 1 heterocycles. The quantitative estimate of drug-likeness (QED) is 0.455. The van der Waals surface area contributed by atoms with E-state index < -0.39 is 0 Å². The largest absolute Gasteiger partial charge is 0.0942 e. The van der Waals surface area contributed by atoms with Gasteiger partial charge in [0.2, 0.25) is 0 Å². The zero-order valence-corrected chi connectivity index (χ0v) is 6.20. The van der Waals surface area contributed by atoms with Crippen LogP contribution in [0.1, 0.15) is 5.56 Å². The Morgan fingerprint density at radius 3 is 2.89 bits per heavy atom. The normalized spacial score (nSPS) is 13.8. The van der Waals surface area contributed by atoms with Crippen molar-refractivity contribution in [3.8, 4) is 0 Å². The number of hydrogen-bond donors (Lipinski definition) is 0. The van der Waals surface area contributed by atoms with E-state index in [0.717, 1.165) is 0 Å². The van der Waals surface area contributed by atoms with Crippen LogP contribution in [0.15, 0.2) is 30.0 Å². The molecule has 43 valence electrons. The van der Waals surface area contributed by atoms with Gasteiger partial charge in [0, 0.05) is 0 Å². The summed E-state index contributed by atoms with van der Waals surface area (Å²) in [5.74, 6) is 0. The van der Waals surface area contributed by atoms with Gasteiger partial charge in [-0.25, -0.2) is 0 Å². The van der Waals surface area contributed by atoms with E-state index in [-0.39, 0.29) is 0 Å². The molecule has 0 unspecified atom stereocenters. The second kappa shape index (κ2) is 1.85. The van der Waals surface area contributed by atoms with E-state index >= 15 is 0 Å². The van der Waals surface area contributed by atoms with Crippen molar-refractivity contribution in [2.75, 3.05) is 0 Å². The predicted octanol–water partition coefficient (Wildman–Crippen LogP) is 0.733. The molecule has 0 nitrogen and oxygen atoms in total. The van der Waals surface area contributed by atoms with Crippen molar-refractivity contribution in [2.45, 2.75) is 0 Å². The first-order chi connectivity index (χ1) is 4.47. The van der Waals surface area contributed by atoms with Gasteiger partial charge in [-0.05, 0) is 5.56 Å². The molecule has 1 radical (unpaired) electrons. The summed E-state index contributed by atoms with van der Waals surface area (Å²) in [6.07, 6.45) is 2.21. The highest BCUT2D eigenvalue weighted by Gasteiger charge is 2.01. The molecule has 0 bridgehead atoms. The van der Waals surface area contributed by atoms with Gasteiger partial charge in [-0.1, -0.05) is 41.2 Å². The van der Waals surface area contributed by atoms with Crippen molar-refractivity contribution in [1.29, 1.82) is 0 Å². The van der Waals surface area contributed by atoms with Crippen LogP contribution < -0.4 is 5.19 Å². The molecule has 0 amide bonds. The van der Waals surface area contributed by atoms with Crippen LogP contribution in [0.2, 0.25) is 0 Å². The predicted molar refractivity (Wildman–Crippen MR) is 42.3 cm³/mol. The van der Waals surface area contributed by atoms with E-state index in [1.165, 1.54) is 10.8 Å². The van der Waals surface area contributed by atoms with Crippen molar-refractivity contribution in [3.05, 3.63) is 35.5 Å². The molecule has 1 aromatic carbocycles. The zero-order chi connectivity index (χ0) is 6.10. The van der Waals surface area contributed by atoms with Gasteiger partial charge in [0.05, 0.1) is 9.52 Å². The topological polar surface area (TPSA) is 0 Å². The first-order valence-corrected chi connectivity index (χ1v) is 4.32. The minimum absolute atomic E-state index is 0.455. The molecule has 1 aromatic rings. The molecule has 1 heteroatoms. The maximum Gasteiger partial charge on any atom is 0.0942 e. The molecule has 0 saturated carbocycles. The number of fused-ring (bicyclic) bond motifs is 1. The minimum Gasteiger partial charge on any atom is -0.0940 e. The van der Waals surface area contributed by atoms with E-state index in [0.29, 0.717) is 9.52 Å². The van der Waals surface area contributed by atoms with E-state index in [2.05, 4.69) is 36.0 Å². The van der Waals surface area contributed by atoms with Crippen molar-refractivity contribution in [1.82, 2.24) is 0 Å². The van der Waals surface area contributed by atoms with E-state index in [4.69, 9.17) is 0 Å². The highest BCUT2D eigenvalue weighted by atomic mass is 28.2. The third-order valence-electron chi connectivity index (χ3n) is 1.55. The molecule has 2 rings (SSSR count). The van der Waals surface area contributed by atoms with Crippen LogP contribution in [0, 0.1) is 0 Å². The second-order valence-electron chi connectivity index (χ2n) is 2.15. The van der Waals surface area contributed by atoms with Crippen molar-refractivity contribution in [3.63, 3.8) is 0 Å². The summed E-state index contributed by atoms with van der Waals surface area (Å²) in [5.41, 5.74) is 3.71. The summed E-state index contributed by atoms with van der Waals surface area (Å²) in [7, 11) is 0.455. The SMILES string of the molecule is C1=Cc2ccccc2[SiH]1. The van der Waals surface area contributed by atoms with Crippen LogP contribution in [-0.2, 0) is 0 Å². The first kappa shape index (κ1) is 5.00. The third kappa shape index (κ3) is 0.735. The van der Waals surface area contributed by atoms with Gasteiger partial charge in [0.1, 0.15) is 0 Å². The Hall–Kier alpha value is -0.823. The molecule has 1 aliphatic rings. The fourth-order valence-corrected chi connectivity index (χ4v) is 2.19. The lowest BCUT2D eigenvalue weighted by Gasteiger charge is -1.92. The lowest BCUT2D eigenvalue weighted by Crippen LogP contribution is -2.09. The Morgan fingerprint density at radius 1 is 1.11 bits per heavy atom. The van der Waals surface area contributed by atoms with Gasteiger partial charge in [0.25, 0.3) is 0 Å². The Kier molecular flexibility index (Phi) is 1.03. The first-order valence-electron chi connectivity index (χ1n) is 3.07. The average Bonchev–Trinajstić information content (AvgIpc) is 2.33. The maximum atomic E-state index is 2.28. The molecule has 0 saturated heterocycles. The molecule has 9 heavy (non-hydrogen) atoms. The Morgan fingerprint density at radius 2 is 2.00 bits per heavy atom. The van der Waals surface area contributed by atoms with Crippen LogP contribution in [-0.4, -0.2) is 9.52 Å². The van der Waals surface area contributed by atoms with E-state index in [1.807, 2.05) is 0 Å². The maximum absolute atomic E-state index is 2.28. The number of benzene rings is 1. The molecule has 1 aliphatic heterocycles. The number of rotatable bonds is 0. The highest BCUT2D eigenvalue weighted by Crippen LogP contribution is 2.02. The van der Waals surface area contributed by atoms with E-state index in [1.54, 1.807) is 0 Å². The Labute approximate surface area is 57.0 Å². The summed E-state index contributed by atoms with van der Waals surface area (Å²) in [5, 5.41) is 1.54. The zero-order valence-electron chi connectivity index (χ0n) is 5.04. The monoisotopic (exact) mass is 131 g/mol. The van der Waals surface area contributed by atoms with Gasteiger partial charge in [-0.2, -0.15) is 0 Å². The van der Waals surface area contributed by atoms with Crippen LogP contribution in [0.5, 0.6) is 0 Å². The molecule has 0 atom stereocenters. The molecule has 0 aromatic heterocycles. The smallest absolute Gasteiger partial charge is 0.0940 e. The van der Waals surface area contributed by atoms with Crippen LogP contribution in [0.3, 0.4) is 0 Å². The summed E-state index contributed by atoms with van der Waals surface area (Å²) in [4.78, 5) is 0. The van der Waals surface area contributed by atoms with Gasteiger partial charge in [0.15, 0.2) is 0 Å². The number of hydrogen-bond acceptors (Lipinski definition) is 0. The molecule has 0 N–H and O–H groups in total. The lowest BCUT2D eigenvalue weighted by molar-refractivity contribution is 1.73. The van der Waals surface area contributed by atoms with Crippen molar-refractivity contribution >= 4 is 20.8 Å². The van der Waals surface area contributed by atoms with Crippen molar-refractivity contribution < 1.29 is 0 Å². The van der Waals surface area contributed by atoms with Gasteiger partial charge < -0.3 is 0 Å². The van der Waals surface area contributed by atoms with Gasteiger partial charge >= 0.3 is 0 Å². The molecular formula is C8H7Si. The summed E-state index contributed by atoms with van der Waals surface area (Å²) in [6.45, 7) is 0. The second-order valence-corrected chi connectivity index (χ2v) is 3.49. The highest BCUT2D eigenvalue weighted by molar-refractivity contribution is 6.62. The van der Waals surface area contributed by atoms with Crippen LogP contribution in [0.25, 0.3) is 6.08 Å². The summed E-state index contributed by atoms with van der Waals surface area (Å²) < 4.78 is 0. The van der Waals surface area contributed by atoms with Crippen LogP contribution in [0.4, 0.5) is 0 Å². The standard InChI is InChI=1S/C8H7Si/c1-2-4-8-7(3-1)5-6-9-8/h1-6,9H. The molecule has 0 aliphatic carbocycles. The third-order valence-corrected chi connectivity index (χ3v) is 2.82. The Balaban J connectivity index is 2.63. The fourth-order valence-electron chi connectivity index (χ4n) is 1.07.